The van der Waals surface area contributed by atoms with E-state index >= 15 is 0 Å². The number of anilines is 1. The number of rotatable bonds is 8. The molecule has 9 nitrogen and oxygen atoms in total. The highest BCUT2D eigenvalue weighted by Crippen LogP contribution is 2.25. The quantitative estimate of drug-likeness (QED) is 0.457. The number of carbonyl (C=O) groups is 2. The summed E-state index contributed by atoms with van der Waals surface area (Å²) >= 11 is 3.34. The Kier molecular flexibility index (Phi) is 7.83. The summed E-state index contributed by atoms with van der Waals surface area (Å²) in [4.78, 5) is 37.6. The van der Waals surface area contributed by atoms with Crippen LogP contribution in [0.15, 0.2) is 57.8 Å². The first kappa shape index (κ1) is 24.0. The van der Waals surface area contributed by atoms with E-state index in [1.807, 2.05) is 13.0 Å². The van der Waals surface area contributed by atoms with Gasteiger partial charge >= 0.3 is 5.97 Å². The van der Waals surface area contributed by atoms with Crippen molar-refractivity contribution in [3.8, 4) is 17.2 Å². The van der Waals surface area contributed by atoms with Crippen molar-refractivity contribution in [2.24, 2.45) is 0 Å². The third-order valence-corrected chi connectivity index (χ3v) is 4.90. The van der Waals surface area contributed by atoms with Crippen molar-refractivity contribution in [1.29, 1.82) is 0 Å². The summed E-state index contributed by atoms with van der Waals surface area (Å²) in [5.74, 6) is -0.961. The van der Waals surface area contributed by atoms with Crippen LogP contribution in [0.5, 0.6) is 11.5 Å². The van der Waals surface area contributed by atoms with E-state index in [0.717, 1.165) is 20.8 Å². The molecule has 0 aliphatic rings. The normalized spacial score (nSPS) is 10.4. The first-order chi connectivity index (χ1) is 15.8. The molecule has 1 heterocycles. The Hall–Kier alpha value is -3.66. The van der Waals surface area contributed by atoms with Crippen molar-refractivity contribution in [3.05, 3.63) is 74.6 Å². The molecule has 3 rings (SSSR count). The fourth-order valence-corrected chi connectivity index (χ4v) is 3.32. The number of amides is 1. The molecule has 10 heteroatoms. The fourth-order valence-electron chi connectivity index (χ4n) is 2.93. The molecule has 0 aliphatic carbocycles. The van der Waals surface area contributed by atoms with Crippen LogP contribution in [0.2, 0.25) is 0 Å². The second-order valence-corrected chi connectivity index (χ2v) is 7.76. The van der Waals surface area contributed by atoms with E-state index in [1.54, 1.807) is 43.3 Å². The summed E-state index contributed by atoms with van der Waals surface area (Å²) in [6.45, 7) is 3.16. The molecular formula is C23H22BrN3O6. The molecule has 0 radical (unpaired) electrons. The van der Waals surface area contributed by atoms with Gasteiger partial charge in [0.25, 0.3) is 11.5 Å². The minimum absolute atomic E-state index is 0.101. The number of ether oxygens (including phenoxy) is 3. The Morgan fingerprint density at radius 1 is 1.12 bits per heavy atom. The van der Waals surface area contributed by atoms with Crippen molar-refractivity contribution in [2.45, 2.75) is 13.8 Å². The van der Waals surface area contributed by atoms with E-state index < -0.39 is 24.0 Å². The zero-order valence-electron chi connectivity index (χ0n) is 18.3. The highest BCUT2D eigenvalue weighted by molar-refractivity contribution is 9.10. The monoisotopic (exact) mass is 515 g/mol. The summed E-state index contributed by atoms with van der Waals surface area (Å²) in [6, 6.07) is 13.3. The van der Waals surface area contributed by atoms with Gasteiger partial charge in [-0.2, -0.15) is 9.78 Å². The lowest BCUT2D eigenvalue weighted by atomic mass is 10.2. The van der Waals surface area contributed by atoms with Crippen LogP contribution in [0.1, 0.15) is 23.0 Å². The molecule has 0 bridgehead atoms. The second kappa shape index (κ2) is 10.8. The largest absolute Gasteiger partial charge is 0.495 e. The highest BCUT2D eigenvalue weighted by Gasteiger charge is 2.21. The number of aromatic nitrogens is 2. The van der Waals surface area contributed by atoms with Gasteiger partial charge in [0.15, 0.2) is 12.4 Å². The van der Waals surface area contributed by atoms with Gasteiger partial charge in [0, 0.05) is 4.47 Å². The Bertz CT molecular complexity index is 1240. The van der Waals surface area contributed by atoms with Crippen LogP contribution < -0.4 is 20.3 Å². The molecule has 1 N–H and O–H groups in total. The van der Waals surface area contributed by atoms with Crippen LogP contribution in [-0.2, 0) is 9.53 Å². The third kappa shape index (κ3) is 5.98. The maximum absolute atomic E-state index is 12.7. The van der Waals surface area contributed by atoms with Crippen molar-refractivity contribution < 1.29 is 23.8 Å². The van der Waals surface area contributed by atoms with Crippen molar-refractivity contribution in [1.82, 2.24) is 9.78 Å². The number of carbonyl (C=O) groups excluding carboxylic acids is 2. The zero-order valence-corrected chi connectivity index (χ0v) is 19.8. The number of esters is 1. The van der Waals surface area contributed by atoms with Crippen molar-refractivity contribution >= 4 is 33.5 Å². The minimum Gasteiger partial charge on any atom is -0.495 e. The van der Waals surface area contributed by atoms with Gasteiger partial charge in [-0.05, 0) is 49.7 Å². The average molecular weight is 516 g/mol. The van der Waals surface area contributed by atoms with Crippen molar-refractivity contribution in [2.75, 3.05) is 25.6 Å². The Balaban J connectivity index is 1.87. The number of nitrogens with one attached hydrogen (secondary N) is 1. The van der Waals surface area contributed by atoms with Gasteiger partial charge in [-0.25, -0.2) is 4.79 Å². The molecule has 0 saturated carbocycles. The number of benzene rings is 2. The first-order valence-electron chi connectivity index (χ1n) is 9.97. The molecule has 0 spiro atoms. The molecular weight excluding hydrogens is 494 g/mol. The number of halogens is 1. The summed E-state index contributed by atoms with van der Waals surface area (Å²) < 4.78 is 17.6. The van der Waals surface area contributed by atoms with E-state index in [1.165, 1.54) is 7.11 Å². The smallest absolute Gasteiger partial charge is 0.362 e. The number of nitrogens with zero attached hydrogens (tertiary/aromatic N) is 2. The summed E-state index contributed by atoms with van der Waals surface area (Å²) in [7, 11) is 1.49. The van der Waals surface area contributed by atoms with Gasteiger partial charge in [-0.15, -0.1) is 0 Å². The first-order valence-corrected chi connectivity index (χ1v) is 10.8. The lowest BCUT2D eigenvalue weighted by Gasteiger charge is -2.14. The van der Waals surface area contributed by atoms with E-state index in [4.69, 9.17) is 14.2 Å². The van der Waals surface area contributed by atoms with Gasteiger partial charge in [-0.1, -0.05) is 28.1 Å². The second-order valence-electron chi connectivity index (χ2n) is 6.85. The van der Waals surface area contributed by atoms with Gasteiger partial charge in [0.05, 0.1) is 31.2 Å². The molecule has 0 unspecified atom stereocenters. The minimum atomic E-state index is -0.781. The van der Waals surface area contributed by atoms with Gasteiger partial charge < -0.3 is 19.5 Å². The van der Waals surface area contributed by atoms with Gasteiger partial charge in [0.2, 0.25) is 5.69 Å². The maximum atomic E-state index is 12.7. The topological polar surface area (TPSA) is 109 Å². The number of hydrogen-bond donors (Lipinski definition) is 1. The van der Waals surface area contributed by atoms with E-state index in [0.29, 0.717) is 17.1 Å². The number of methoxy groups -OCH3 is 1. The molecule has 1 amide bonds. The Labute approximate surface area is 198 Å². The molecule has 0 fully saturated rings. The summed E-state index contributed by atoms with van der Waals surface area (Å²) in [5.41, 5.74) is 1.07. The average Bonchev–Trinajstić information content (AvgIpc) is 2.78. The Morgan fingerprint density at radius 2 is 1.91 bits per heavy atom. The van der Waals surface area contributed by atoms with Crippen LogP contribution in [0.25, 0.3) is 5.69 Å². The summed E-state index contributed by atoms with van der Waals surface area (Å²) in [6.07, 6.45) is 0. The molecule has 3 aromatic rings. The molecule has 0 atom stereocenters. The van der Waals surface area contributed by atoms with Crippen LogP contribution in [0, 0.1) is 6.92 Å². The number of aryl methyl sites for hydroxylation is 1. The SMILES string of the molecule is CCOC(=O)c1nn(-c2cccc(Br)c2)c(=O)cc1OCC(=O)Nc1cc(C)ccc1OC. The zero-order chi connectivity index (χ0) is 24.0. The van der Waals surface area contributed by atoms with E-state index in [2.05, 4.69) is 26.3 Å². The van der Waals surface area contributed by atoms with Gasteiger partial charge in [0.1, 0.15) is 5.75 Å². The van der Waals surface area contributed by atoms with Crippen LogP contribution in [0.3, 0.4) is 0 Å². The fraction of sp³-hybridized carbons (Fsp3) is 0.217. The molecule has 172 valence electrons. The molecule has 0 saturated heterocycles. The highest BCUT2D eigenvalue weighted by atomic mass is 79.9. The molecule has 33 heavy (non-hydrogen) atoms. The predicted octanol–water partition coefficient (Wildman–Crippen LogP) is 3.51. The lowest BCUT2D eigenvalue weighted by molar-refractivity contribution is -0.118. The standard InChI is InChI=1S/C23H22BrN3O6/c1-4-32-23(30)22-19(12-21(29)27(26-22)16-7-5-6-15(24)11-16)33-13-20(28)25-17-10-14(2)8-9-18(17)31-3/h5-12H,4,13H2,1-3H3,(H,25,28). The molecule has 0 aliphatic heterocycles. The van der Waals surface area contributed by atoms with Crippen molar-refractivity contribution in [3.63, 3.8) is 0 Å². The Morgan fingerprint density at radius 3 is 2.61 bits per heavy atom. The molecule has 2 aromatic carbocycles. The summed E-state index contributed by atoms with van der Waals surface area (Å²) in [5, 5.41) is 6.83. The third-order valence-electron chi connectivity index (χ3n) is 4.41. The lowest BCUT2D eigenvalue weighted by Crippen LogP contribution is -2.27. The van der Waals surface area contributed by atoms with Crippen LogP contribution in [-0.4, -0.2) is 42.0 Å². The van der Waals surface area contributed by atoms with Gasteiger partial charge in [-0.3, -0.25) is 9.59 Å². The maximum Gasteiger partial charge on any atom is 0.362 e. The number of hydrogen-bond acceptors (Lipinski definition) is 7. The van der Waals surface area contributed by atoms with E-state index in [-0.39, 0.29) is 18.1 Å². The molecule has 1 aromatic heterocycles. The van der Waals surface area contributed by atoms with Crippen LogP contribution in [0.4, 0.5) is 5.69 Å². The van der Waals surface area contributed by atoms with Crippen LogP contribution >= 0.6 is 15.9 Å². The van der Waals surface area contributed by atoms with E-state index in [9.17, 15) is 14.4 Å². The predicted molar refractivity (Wildman–Crippen MR) is 125 cm³/mol.